The van der Waals surface area contributed by atoms with Crippen molar-refractivity contribution in [2.45, 2.75) is 33.6 Å². The minimum Gasteiger partial charge on any atom is -0.399 e. The summed E-state index contributed by atoms with van der Waals surface area (Å²) in [7, 11) is 0. The van der Waals surface area contributed by atoms with E-state index in [0.29, 0.717) is 12.8 Å². The summed E-state index contributed by atoms with van der Waals surface area (Å²) < 4.78 is 0. The summed E-state index contributed by atoms with van der Waals surface area (Å²) in [6.45, 7) is 5.65. The van der Waals surface area contributed by atoms with Gasteiger partial charge in [-0.15, -0.1) is 0 Å². The average molecular weight is 240 g/mol. The minimum atomic E-state index is -1.42. The summed E-state index contributed by atoms with van der Waals surface area (Å²) in [6, 6.07) is 6.11. The monoisotopic (exact) mass is 240 g/mol. The number of hydrogen-bond donors (Lipinski definition) is 1. The van der Waals surface area contributed by atoms with E-state index in [4.69, 9.17) is 5.73 Å². The first kappa shape index (κ1) is 13.8. The van der Waals surface area contributed by atoms with Crippen molar-refractivity contribution in [1.82, 2.24) is 0 Å². The van der Waals surface area contributed by atoms with E-state index >= 15 is 0 Å². The molecule has 0 bridgehead atoms. The van der Waals surface area contributed by atoms with E-state index in [1.807, 2.05) is 45.1 Å². The van der Waals surface area contributed by atoms with Crippen LogP contribution in [-0.2, 0) is 0 Å². The van der Waals surface area contributed by atoms with Crippen molar-refractivity contribution in [1.29, 1.82) is 15.8 Å². The van der Waals surface area contributed by atoms with E-state index in [0.717, 1.165) is 5.57 Å². The van der Waals surface area contributed by atoms with Gasteiger partial charge in [-0.3, -0.25) is 0 Å². The maximum absolute atomic E-state index is 9.44. The third-order valence-electron chi connectivity index (χ3n) is 4.06. The first-order chi connectivity index (χ1) is 8.46. The van der Waals surface area contributed by atoms with E-state index in [1.165, 1.54) is 0 Å². The van der Waals surface area contributed by atoms with Gasteiger partial charge in [-0.05, 0) is 25.3 Å². The van der Waals surface area contributed by atoms with Crippen LogP contribution in [0.3, 0.4) is 0 Å². The smallest absolute Gasteiger partial charge is 0.189 e. The molecule has 0 fully saturated rings. The Morgan fingerprint density at radius 1 is 1.33 bits per heavy atom. The highest BCUT2D eigenvalue weighted by atomic mass is 14.7. The molecule has 1 aliphatic rings. The van der Waals surface area contributed by atoms with Gasteiger partial charge in [0.15, 0.2) is 5.41 Å². The Morgan fingerprint density at radius 2 is 1.89 bits per heavy atom. The molecule has 4 heteroatoms. The molecule has 0 saturated carbocycles. The van der Waals surface area contributed by atoms with Gasteiger partial charge in [0.05, 0.1) is 23.4 Å². The molecule has 92 valence electrons. The van der Waals surface area contributed by atoms with Crippen LogP contribution in [0.5, 0.6) is 0 Å². The largest absolute Gasteiger partial charge is 0.399 e. The highest BCUT2D eigenvalue weighted by molar-refractivity contribution is 5.55. The molecule has 0 amide bonds. The molecule has 0 spiro atoms. The number of allylic oxidation sites excluding steroid dienone is 4. The zero-order valence-corrected chi connectivity index (χ0v) is 10.9. The van der Waals surface area contributed by atoms with Gasteiger partial charge in [0.25, 0.3) is 0 Å². The van der Waals surface area contributed by atoms with Gasteiger partial charge in [0, 0.05) is 5.41 Å². The molecule has 1 rings (SSSR count). The second kappa shape index (κ2) is 4.55. The van der Waals surface area contributed by atoms with E-state index in [9.17, 15) is 15.8 Å². The average Bonchev–Trinajstić information content (AvgIpc) is 2.39. The molecule has 0 aromatic carbocycles. The molecule has 1 aliphatic carbocycles. The Balaban J connectivity index is 3.73. The Hall–Kier alpha value is -2.25. The lowest BCUT2D eigenvalue weighted by molar-refractivity contribution is 0.180. The molecule has 0 aromatic heterocycles. The molecule has 0 radical (unpaired) electrons. The second-order valence-corrected chi connectivity index (χ2v) is 4.78. The van der Waals surface area contributed by atoms with Crippen molar-refractivity contribution in [2.75, 3.05) is 0 Å². The summed E-state index contributed by atoms with van der Waals surface area (Å²) in [6.07, 6.45) is 2.99. The normalized spacial score (nSPS) is 28.3. The molecule has 0 saturated heterocycles. The third kappa shape index (κ3) is 1.49. The number of nitriles is 3. The highest BCUT2D eigenvalue weighted by Gasteiger charge is 2.54. The van der Waals surface area contributed by atoms with E-state index in [1.54, 1.807) is 0 Å². The number of nitrogens with zero attached hydrogens (tertiary/aromatic N) is 3. The van der Waals surface area contributed by atoms with Gasteiger partial charge in [-0.25, -0.2) is 0 Å². The fourth-order valence-corrected chi connectivity index (χ4v) is 2.51. The fraction of sp³-hybridized carbons (Fsp3) is 0.500. The zero-order chi connectivity index (χ0) is 14.0. The predicted octanol–water partition coefficient (Wildman–Crippen LogP) is 2.52. The first-order valence-corrected chi connectivity index (χ1v) is 5.84. The number of rotatable bonds is 1. The maximum atomic E-state index is 9.44. The van der Waals surface area contributed by atoms with Crippen LogP contribution < -0.4 is 5.73 Å². The van der Waals surface area contributed by atoms with Crippen LogP contribution in [0.25, 0.3) is 0 Å². The topological polar surface area (TPSA) is 97.4 Å². The van der Waals surface area contributed by atoms with E-state index in [2.05, 4.69) is 0 Å². The lowest BCUT2D eigenvalue weighted by Crippen LogP contribution is -2.45. The molecular formula is C14H16N4. The van der Waals surface area contributed by atoms with Gasteiger partial charge in [0.1, 0.15) is 6.07 Å². The van der Waals surface area contributed by atoms with Crippen LogP contribution in [0.15, 0.2) is 22.9 Å². The van der Waals surface area contributed by atoms with Crippen molar-refractivity contribution < 1.29 is 0 Å². The van der Waals surface area contributed by atoms with Crippen LogP contribution >= 0.6 is 0 Å². The Labute approximate surface area is 108 Å². The van der Waals surface area contributed by atoms with Crippen molar-refractivity contribution in [3.05, 3.63) is 22.9 Å². The van der Waals surface area contributed by atoms with Gasteiger partial charge in [-0.1, -0.05) is 19.9 Å². The van der Waals surface area contributed by atoms with Crippen LogP contribution in [0.1, 0.15) is 33.6 Å². The third-order valence-corrected chi connectivity index (χ3v) is 4.06. The Bertz CT molecular complexity index is 534. The van der Waals surface area contributed by atoms with Crippen LogP contribution in [0, 0.1) is 44.8 Å². The second-order valence-electron chi connectivity index (χ2n) is 4.78. The van der Waals surface area contributed by atoms with Gasteiger partial charge < -0.3 is 5.73 Å². The van der Waals surface area contributed by atoms with Crippen molar-refractivity contribution in [3.63, 3.8) is 0 Å². The lowest BCUT2D eigenvalue weighted by Gasteiger charge is -2.43. The van der Waals surface area contributed by atoms with Crippen molar-refractivity contribution in [3.8, 4) is 18.2 Å². The van der Waals surface area contributed by atoms with Crippen LogP contribution in [0.4, 0.5) is 0 Å². The molecule has 18 heavy (non-hydrogen) atoms. The minimum absolute atomic E-state index is 0.0960. The van der Waals surface area contributed by atoms with E-state index < -0.39 is 10.8 Å². The lowest BCUT2D eigenvalue weighted by atomic mass is 9.56. The molecule has 0 aliphatic heterocycles. The summed E-state index contributed by atoms with van der Waals surface area (Å²) in [5, 5.41) is 28.1. The molecule has 0 aromatic rings. The summed E-state index contributed by atoms with van der Waals surface area (Å²) in [5.41, 5.74) is 5.19. The Morgan fingerprint density at radius 3 is 2.22 bits per heavy atom. The molecule has 2 N–H and O–H groups in total. The van der Waals surface area contributed by atoms with Crippen molar-refractivity contribution in [2.24, 2.45) is 16.6 Å². The zero-order valence-electron chi connectivity index (χ0n) is 10.9. The predicted molar refractivity (Wildman–Crippen MR) is 67.3 cm³/mol. The molecule has 0 unspecified atom stereocenters. The summed E-state index contributed by atoms with van der Waals surface area (Å²) in [4.78, 5) is 0. The SMILES string of the molecule is C/C=C1/C[C@](C)(CC)C(C#N)(C#N)C(N)=C1C#N. The highest BCUT2D eigenvalue weighted by Crippen LogP contribution is 2.54. The molecular weight excluding hydrogens is 224 g/mol. The van der Waals surface area contributed by atoms with Crippen LogP contribution in [0.2, 0.25) is 0 Å². The fourth-order valence-electron chi connectivity index (χ4n) is 2.51. The first-order valence-electron chi connectivity index (χ1n) is 5.84. The Kier molecular flexibility index (Phi) is 3.49. The molecule has 0 heterocycles. The summed E-state index contributed by atoms with van der Waals surface area (Å²) >= 11 is 0. The van der Waals surface area contributed by atoms with Gasteiger partial charge in [0.2, 0.25) is 0 Å². The number of hydrogen-bond acceptors (Lipinski definition) is 4. The molecule has 4 nitrogen and oxygen atoms in total. The standard InChI is InChI=1S/C14H16N4/c1-4-10-6-13(3,5-2)14(8-16,9-17)12(18)11(10)7-15/h4H,5-6,18H2,1-3H3/b10-4-/t13-/m0/s1. The molecule has 1 atom stereocenters. The number of nitrogens with two attached hydrogens (primary N) is 1. The van der Waals surface area contributed by atoms with E-state index in [-0.39, 0.29) is 11.3 Å². The quantitative estimate of drug-likeness (QED) is 0.761. The maximum Gasteiger partial charge on any atom is 0.189 e. The van der Waals surface area contributed by atoms with Gasteiger partial charge >= 0.3 is 0 Å². The van der Waals surface area contributed by atoms with Gasteiger partial charge in [-0.2, -0.15) is 15.8 Å². The summed E-state index contributed by atoms with van der Waals surface area (Å²) in [5.74, 6) is 0. The van der Waals surface area contributed by atoms with Crippen molar-refractivity contribution >= 4 is 0 Å². The van der Waals surface area contributed by atoms with Crippen LogP contribution in [-0.4, -0.2) is 0 Å².